The van der Waals surface area contributed by atoms with Gasteiger partial charge in [-0.05, 0) is 25.8 Å². The zero-order valence-corrected chi connectivity index (χ0v) is 8.12. The van der Waals surface area contributed by atoms with Crippen LogP contribution in [0.15, 0.2) is 0 Å². The molecule has 0 aromatic carbocycles. The summed E-state index contributed by atoms with van der Waals surface area (Å²) in [6, 6.07) is 0. The molecule has 0 aromatic rings. The lowest BCUT2D eigenvalue weighted by Gasteiger charge is -2.14. The monoisotopic (exact) mass is 186 g/mol. The molecular formula is C9H18N2O2. The number of amides is 1. The fourth-order valence-electron chi connectivity index (χ4n) is 1.66. The van der Waals surface area contributed by atoms with E-state index in [4.69, 9.17) is 5.11 Å². The Kier molecular flexibility index (Phi) is 4.18. The largest absolute Gasteiger partial charge is 0.396 e. The molecule has 1 aliphatic rings. The summed E-state index contributed by atoms with van der Waals surface area (Å²) >= 11 is 0. The fraction of sp³-hybridized carbons (Fsp3) is 0.889. The molecule has 0 spiro atoms. The molecule has 0 saturated carbocycles. The molecule has 76 valence electrons. The topological polar surface area (TPSA) is 52.6 Å². The van der Waals surface area contributed by atoms with Gasteiger partial charge in [0.15, 0.2) is 0 Å². The lowest BCUT2D eigenvalue weighted by molar-refractivity contribution is -0.121. The number of rotatable bonds is 4. The van der Waals surface area contributed by atoms with Gasteiger partial charge in [0.1, 0.15) is 0 Å². The molecule has 13 heavy (non-hydrogen) atoms. The number of hydrogen-bond acceptors (Lipinski definition) is 3. The van der Waals surface area contributed by atoms with Crippen LogP contribution in [0.1, 0.15) is 13.3 Å². The fourth-order valence-corrected chi connectivity index (χ4v) is 1.66. The summed E-state index contributed by atoms with van der Waals surface area (Å²) in [5, 5.41) is 11.7. The Hall–Kier alpha value is -0.610. The molecule has 1 aliphatic heterocycles. The van der Waals surface area contributed by atoms with Crippen molar-refractivity contribution in [3.63, 3.8) is 0 Å². The lowest BCUT2D eigenvalue weighted by atomic mass is 10.1. The predicted molar refractivity (Wildman–Crippen MR) is 50.3 cm³/mol. The molecule has 0 aromatic heterocycles. The van der Waals surface area contributed by atoms with Gasteiger partial charge >= 0.3 is 0 Å². The first kappa shape index (κ1) is 10.5. The second kappa shape index (κ2) is 5.19. The molecule has 4 heteroatoms. The van der Waals surface area contributed by atoms with Crippen LogP contribution in [0.25, 0.3) is 0 Å². The van der Waals surface area contributed by atoms with Crippen molar-refractivity contribution < 1.29 is 9.90 Å². The normalized spacial score (nSPS) is 23.4. The Morgan fingerprint density at radius 3 is 3.00 bits per heavy atom. The van der Waals surface area contributed by atoms with Crippen molar-refractivity contribution in [2.75, 3.05) is 32.8 Å². The summed E-state index contributed by atoms with van der Waals surface area (Å²) in [6.45, 7) is 5.11. The van der Waals surface area contributed by atoms with Gasteiger partial charge in [-0.15, -0.1) is 0 Å². The third kappa shape index (κ3) is 3.32. The smallest absolute Gasteiger partial charge is 0.234 e. The van der Waals surface area contributed by atoms with Crippen molar-refractivity contribution >= 4 is 5.91 Å². The highest BCUT2D eigenvalue weighted by Crippen LogP contribution is 2.14. The van der Waals surface area contributed by atoms with Gasteiger partial charge in [-0.2, -0.15) is 0 Å². The standard InChI is InChI=1S/C9H18N2O2/c1-2-10-9(13)6-11-4-3-8(5-11)7-12/h8,12H,2-7H2,1H3,(H,10,13)/t8-/m0/s1. The van der Waals surface area contributed by atoms with Crippen LogP contribution in [0.2, 0.25) is 0 Å². The van der Waals surface area contributed by atoms with Crippen molar-refractivity contribution in [2.24, 2.45) is 5.92 Å². The summed E-state index contributed by atoms with van der Waals surface area (Å²) in [6.07, 6.45) is 1.01. The van der Waals surface area contributed by atoms with Gasteiger partial charge in [0, 0.05) is 19.7 Å². The van der Waals surface area contributed by atoms with Crippen LogP contribution in [0.3, 0.4) is 0 Å². The highest BCUT2D eigenvalue weighted by molar-refractivity contribution is 5.77. The summed E-state index contributed by atoms with van der Waals surface area (Å²) in [5.74, 6) is 0.454. The highest BCUT2D eigenvalue weighted by atomic mass is 16.3. The van der Waals surface area contributed by atoms with Gasteiger partial charge in [-0.1, -0.05) is 0 Å². The Balaban J connectivity index is 2.19. The zero-order valence-electron chi connectivity index (χ0n) is 8.12. The van der Waals surface area contributed by atoms with Crippen LogP contribution in [0.5, 0.6) is 0 Å². The van der Waals surface area contributed by atoms with E-state index in [2.05, 4.69) is 10.2 Å². The average Bonchev–Trinajstić information content (AvgIpc) is 2.52. The van der Waals surface area contributed by atoms with Crippen LogP contribution in [0, 0.1) is 5.92 Å². The molecule has 4 nitrogen and oxygen atoms in total. The number of likely N-dealkylation sites (tertiary alicyclic amines) is 1. The van der Waals surface area contributed by atoms with Crippen molar-refractivity contribution in [3.8, 4) is 0 Å². The van der Waals surface area contributed by atoms with Crippen LogP contribution in [-0.4, -0.2) is 48.7 Å². The number of nitrogens with one attached hydrogen (secondary N) is 1. The highest BCUT2D eigenvalue weighted by Gasteiger charge is 2.22. The molecule has 1 saturated heterocycles. The molecule has 1 heterocycles. The van der Waals surface area contributed by atoms with E-state index in [1.54, 1.807) is 0 Å². The maximum Gasteiger partial charge on any atom is 0.234 e. The lowest BCUT2D eigenvalue weighted by Crippen LogP contribution is -2.36. The minimum atomic E-state index is 0.0843. The Labute approximate surface area is 78.9 Å². The number of aliphatic hydroxyl groups excluding tert-OH is 1. The van der Waals surface area contributed by atoms with E-state index >= 15 is 0 Å². The summed E-state index contributed by atoms with van der Waals surface area (Å²) in [7, 11) is 0. The Morgan fingerprint density at radius 2 is 2.46 bits per heavy atom. The van der Waals surface area contributed by atoms with Gasteiger partial charge in [-0.25, -0.2) is 0 Å². The van der Waals surface area contributed by atoms with Crippen LogP contribution in [-0.2, 0) is 4.79 Å². The summed E-state index contributed by atoms with van der Waals surface area (Å²) < 4.78 is 0. The predicted octanol–water partition coefficient (Wildman–Crippen LogP) is -0.563. The van der Waals surface area contributed by atoms with E-state index in [-0.39, 0.29) is 12.5 Å². The number of carbonyl (C=O) groups is 1. The Morgan fingerprint density at radius 1 is 1.69 bits per heavy atom. The van der Waals surface area contributed by atoms with Crippen LogP contribution >= 0.6 is 0 Å². The number of likely N-dealkylation sites (N-methyl/N-ethyl adjacent to an activating group) is 1. The molecule has 0 bridgehead atoms. The first-order valence-corrected chi connectivity index (χ1v) is 4.86. The molecule has 0 unspecified atom stereocenters. The second-order valence-electron chi connectivity index (χ2n) is 3.53. The van der Waals surface area contributed by atoms with E-state index in [1.807, 2.05) is 6.92 Å². The van der Waals surface area contributed by atoms with E-state index in [0.717, 1.165) is 19.5 Å². The molecular weight excluding hydrogens is 168 g/mol. The van der Waals surface area contributed by atoms with Crippen LogP contribution < -0.4 is 5.32 Å². The van der Waals surface area contributed by atoms with Crippen LogP contribution in [0.4, 0.5) is 0 Å². The van der Waals surface area contributed by atoms with Crippen molar-refractivity contribution in [1.29, 1.82) is 0 Å². The third-order valence-electron chi connectivity index (χ3n) is 2.37. The summed E-state index contributed by atoms with van der Waals surface area (Å²) in [4.78, 5) is 13.3. The number of nitrogens with zero attached hydrogens (tertiary/aromatic N) is 1. The number of aliphatic hydroxyl groups is 1. The molecule has 1 rings (SSSR count). The van der Waals surface area contributed by atoms with Gasteiger partial charge in [0.05, 0.1) is 6.54 Å². The minimum absolute atomic E-state index is 0.0843. The number of carbonyl (C=O) groups excluding carboxylic acids is 1. The Bertz CT molecular complexity index is 173. The van der Waals surface area contributed by atoms with E-state index in [1.165, 1.54) is 0 Å². The molecule has 1 amide bonds. The second-order valence-corrected chi connectivity index (χ2v) is 3.53. The first-order valence-electron chi connectivity index (χ1n) is 4.86. The van der Waals surface area contributed by atoms with E-state index < -0.39 is 0 Å². The van der Waals surface area contributed by atoms with E-state index in [0.29, 0.717) is 19.0 Å². The SMILES string of the molecule is CCNC(=O)CN1CC[C@H](CO)C1. The molecule has 2 N–H and O–H groups in total. The number of hydrogen-bond donors (Lipinski definition) is 2. The van der Waals surface area contributed by atoms with Crippen molar-refractivity contribution in [2.45, 2.75) is 13.3 Å². The quantitative estimate of drug-likeness (QED) is 0.618. The van der Waals surface area contributed by atoms with Crippen molar-refractivity contribution in [1.82, 2.24) is 10.2 Å². The summed E-state index contributed by atoms with van der Waals surface area (Å²) in [5.41, 5.74) is 0. The molecule has 1 atom stereocenters. The third-order valence-corrected chi connectivity index (χ3v) is 2.37. The maximum atomic E-state index is 11.2. The van der Waals surface area contributed by atoms with Gasteiger partial charge in [0.2, 0.25) is 5.91 Å². The maximum absolute atomic E-state index is 11.2. The van der Waals surface area contributed by atoms with Gasteiger partial charge < -0.3 is 10.4 Å². The van der Waals surface area contributed by atoms with E-state index in [9.17, 15) is 4.79 Å². The molecule has 0 radical (unpaired) electrons. The molecule has 0 aliphatic carbocycles. The minimum Gasteiger partial charge on any atom is -0.396 e. The van der Waals surface area contributed by atoms with Gasteiger partial charge in [0.25, 0.3) is 0 Å². The zero-order chi connectivity index (χ0) is 9.68. The van der Waals surface area contributed by atoms with Crippen molar-refractivity contribution in [3.05, 3.63) is 0 Å². The average molecular weight is 186 g/mol. The van der Waals surface area contributed by atoms with Gasteiger partial charge in [-0.3, -0.25) is 9.69 Å². The molecule has 1 fully saturated rings. The first-order chi connectivity index (χ1) is 6.26.